The largest absolute Gasteiger partial charge is 0.392 e. The number of H-pyrrole nitrogens is 1. The first kappa shape index (κ1) is 8.75. The SMILES string of the molecule is O[C@@H]1CN[C@H](c2nc3ncncc3[nH]2)C1. The Kier molecular flexibility index (Phi) is 1.90. The molecule has 0 saturated carbocycles. The molecule has 1 aliphatic heterocycles. The molecule has 0 amide bonds. The molecule has 15 heavy (non-hydrogen) atoms. The molecule has 1 fully saturated rings. The quantitative estimate of drug-likeness (QED) is 0.597. The molecule has 3 N–H and O–H groups in total. The van der Waals surface area contributed by atoms with Gasteiger partial charge in [-0.15, -0.1) is 0 Å². The molecular weight excluding hydrogens is 194 g/mol. The summed E-state index contributed by atoms with van der Waals surface area (Å²) in [6.07, 6.45) is 3.58. The fourth-order valence-electron chi connectivity index (χ4n) is 1.87. The van der Waals surface area contributed by atoms with Crippen molar-refractivity contribution >= 4 is 11.2 Å². The van der Waals surface area contributed by atoms with Crippen LogP contribution in [-0.4, -0.2) is 37.7 Å². The zero-order valence-electron chi connectivity index (χ0n) is 8.01. The summed E-state index contributed by atoms with van der Waals surface area (Å²) in [5.74, 6) is 0.821. The number of aromatic amines is 1. The topological polar surface area (TPSA) is 86.7 Å². The van der Waals surface area contributed by atoms with Gasteiger partial charge in [0, 0.05) is 6.54 Å². The fourth-order valence-corrected chi connectivity index (χ4v) is 1.87. The maximum Gasteiger partial charge on any atom is 0.180 e. The lowest BCUT2D eigenvalue weighted by atomic mass is 10.2. The van der Waals surface area contributed by atoms with Crippen molar-refractivity contribution in [2.75, 3.05) is 6.54 Å². The van der Waals surface area contributed by atoms with E-state index in [1.165, 1.54) is 6.33 Å². The Balaban J connectivity index is 1.98. The molecule has 0 aromatic carbocycles. The highest BCUT2D eigenvalue weighted by atomic mass is 16.3. The van der Waals surface area contributed by atoms with E-state index in [2.05, 4.69) is 25.3 Å². The maximum atomic E-state index is 9.40. The Bertz CT molecular complexity index is 449. The molecule has 0 aliphatic carbocycles. The lowest BCUT2D eigenvalue weighted by Gasteiger charge is -2.04. The summed E-state index contributed by atoms with van der Waals surface area (Å²) in [5, 5.41) is 12.6. The first-order valence-electron chi connectivity index (χ1n) is 4.90. The summed E-state index contributed by atoms with van der Waals surface area (Å²) in [5.41, 5.74) is 1.50. The Morgan fingerprint density at radius 3 is 3.13 bits per heavy atom. The molecule has 2 aromatic heterocycles. The van der Waals surface area contributed by atoms with Crippen LogP contribution in [0.1, 0.15) is 18.3 Å². The van der Waals surface area contributed by atoms with E-state index in [9.17, 15) is 5.11 Å². The molecule has 0 unspecified atom stereocenters. The molecule has 1 saturated heterocycles. The van der Waals surface area contributed by atoms with Crippen LogP contribution in [0, 0.1) is 0 Å². The standard InChI is InChI=1S/C9H11N5O/c15-5-1-6(11-2-5)9-13-7-3-10-4-12-8(7)14-9/h3-6,11,15H,1-2H2,(H,10,12,13,14)/t5-,6-/m0/s1. The second-order valence-electron chi connectivity index (χ2n) is 3.73. The van der Waals surface area contributed by atoms with Gasteiger partial charge < -0.3 is 15.4 Å². The molecule has 1 aliphatic rings. The summed E-state index contributed by atoms with van der Waals surface area (Å²) in [6.45, 7) is 0.618. The average Bonchev–Trinajstić information content (AvgIpc) is 2.82. The summed E-state index contributed by atoms with van der Waals surface area (Å²) in [4.78, 5) is 15.5. The number of hydrogen-bond donors (Lipinski definition) is 3. The van der Waals surface area contributed by atoms with Crippen molar-refractivity contribution in [2.24, 2.45) is 0 Å². The van der Waals surface area contributed by atoms with Gasteiger partial charge >= 0.3 is 0 Å². The zero-order chi connectivity index (χ0) is 10.3. The van der Waals surface area contributed by atoms with Gasteiger partial charge in [-0.2, -0.15) is 0 Å². The predicted octanol–water partition coefficient (Wildman–Crippen LogP) is -0.252. The third-order valence-corrected chi connectivity index (χ3v) is 2.62. The Morgan fingerprint density at radius 1 is 1.47 bits per heavy atom. The van der Waals surface area contributed by atoms with Crippen molar-refractivity contribution in [3.63, 3.8) is 0 Å². The highest BCUT2D eigenvalue weighted by Crippen LogP contribution is 2.22. The van der Waals surface area contributed by atoms with Gasteiger partial charge in [-0.05, 0) is 6.42 Å². The number of nitrogens with one attached hydrogen (secondary N) is 2. The van der Waals surface area contributed by atoms with E-state index in [0.717, 1.165) is 11.3 Å². The number of imidazole rings is 1. The summed E-state index contributed by atoms with van der Waals surface area (Å²) < 4.78 is 0. The molecule has 0 radical (unpaired) electrons. The van der Waals surface area contributed by atoms with Gasteiger partial charge in [0.05, 0.1) is 18.3 Å². The Hall–Kier alpha value is -1.53. The number of hydrogen-bond acceptors (Lipinski definition) is 5. The van der Waals surface area contributed by atoms with Crippen molar-refractivity contribution in [3.05, 3.63) is 18.3 Å². The van der Waals surface area contributed by atoms with Crippen molar-refractivity contribution in [3.8, 4) is 0 Å². The Morgan fingerprint density at radius 2 is 2.40 bits per heavy atom. The fraction of sp³-hybridized carbons (Fsp3) is 0.444. The van der Waals surface area contributed by atoms with E-state index in [-0.39, 0.29) is 12.1 Å². The third kappa shape index (κ3) is 1.47. The second-order valence-corrected chi connectivity index (χ2v) is 3.73. The molecule has 3 rings (SSSR count). The first-order valence-corrected chi connectivity index (χ1v) is 4.90. The van der Waals surface area contributed by atoms with Gasteiger partial charge in [-0.3, -0.25) is 0 Å². The van der Waals surface area contributed by atoms with E-state index in [1.54, 1.807) is 6.20 Å². The summed E-state index contributed by atoms with van der Waals surface area (Å²) in [7, 11) is 0. The maximum absolute atomic E-state index is 9.40. The minimum Gasteiger partial charge on any atom is -0.392 e. The zero-order valence-corrected chi connectivity index (χ0v) is 8.01. The van der Waals surface area contributed by atoms with E-state index < -0.39 is 0 Å². The lowest BCUT2D eigenvalue weighted by Crippen LogP contribution is -2.15. The molecule has 78 valence electrons. The van der Waals surface area contributed by atoms with Gasteiger partial charge in [0.15, 0.2) is 5.65 Å². The molecular formula is C9H11N5O. The van der Waals surface area contributed by atoms with Gasteiger partial charge in [0.25, 0.3) is 0 Å². The number of fused-ring (bicyclic) bond motifs is 1. The second kappa shape index (κ2) is 3.25. The van der Waals surface area contributed by atoms with Crippen LogP contribution in [-0.2, 0) is 0 Å². The van der Waals surface area contributed by atoms with Crippen molar-refractivity contribution in [1.29, 1.82) is 0 Å². The smallest absolute Gasteiger partial charge is 0.180 e. The summed E-state index contributed by atoms with van der Waals surface area (Å²) >= 11 is 0. The van der Waals surface area contributed by atoms with E-state index in [0.29, 0.717) is 18.6 Å². The van der Waals surface area contributed by atoms with Crippen molar-refractivity contribution in [2.45, 2.75) is 18.6 Å². The van der Waals surface area contributed by atoms with Gasteiger partial charge in [0.2, 0.25) is 0 Å². The number of nitrogens with zero attached hydrogens (tertiary/aromatic N) is 3. The molecule has 2 atom stereocenters. The van der Waals surface area contributed by atoms with Gasteiger partial charge in [0.1, 0.15) is 17.7 Å². The Labute approximate surface area is 85.8 Å². The average molecular weight is 205 g/mol. The molecule has 6 nitrogen and oxygen atoms in total. The molecule has 3 heterocycles. The number of aromatic nitrogens is 4. The monoisotopic (exact) mass is 205 g/mol. The van der Waals surface area contributed by atoms with Crippen LogP contribution in [0.25, 0.3) is 11.2 Å². The van der Waals surface area contributed by atoms with E-state index >= 15 is 0 Å². The van der Waals surface area contributed by atoms with Crippen molar-refractivity contribution in [1.82, 2.24) is 25.3 Å². The van der Waals surface area contributed by atoms with Crippen LogP contribution < -0.4 is 5.32 Å². The normalized spacial score (nSPS) is 26.2. The first-order chi connectivity index (χ1) is 7.33. The minimum atomic E-state index is -0.283. The highest BCUT2D eigenvalue weighted by molar-refractivity contribution is 5.68. The van der Waals surface area contributed by atoms with Crippen LogP contribution in [0.3, 0.4) is 0 Å². The lowest BCUT2D eigenvalue weighted by molar-refractivity contribution is 0.193. The molecule has 6 heteroatoms. The predicted molar refractivity (Wildman–Crippen MR) is 53.1 cm³/mol. The van der Waals surface area contributed by atoms with Crippen LogP contribution in [0.15, 0.2) is 12.5 Å². The molecule has 0 spiro atoms. The number of β-amino-alcohol motifs (C(OH)–C–C–N with tert-alkyl or cyclic N) is 1. The minimum absolute atomic E-state index is 0.0919. The summed E-state index contributed by atoms with van der Waals surface area (Å²) in [6, 6.07) is 0.0919. The van der Waals surface area contributed by atoms with Crippen LogP contribution in [0.4, 0.5) is 0 Å². The third-order valence-electron chi connectivity index (χ3n) is 2.62. The van der Waals surface area contributed by atoms with Crippen LogP contribution in [0.2, 0.25) is 0 Å². The number of aliphatic hydroxyl groups excluding tert-OH is 1. The number of aliphatic hydroxyl groups is 1. The highest BCUT2D eigenvalue weighted by Gasteiger charge is 2.25. The van der Waals surface area contributed by atoms with Crippen LogP contribution in [0.5, 0.6) is 0 Å². The number of rotatable bonds is 1. The van der Waals surface area contributed by atoms with E-state index in [4.69, 9.17) is 0 Å². The van der Waals surface area contributed by atoms with E-state index in [1.807, 2.05) is 0 Å². The molecule has 0 bridgehead atoms. The van der Waals surface area contributed by atoms with Gasteiger partial charge in [-0.1, -0.05) is 0 Å². The van der Waals surface area contributed by atoms with Gasteiger partial charge in [-0.25, -0.2) is 15.0 Å². The molecule has 2 aromatic rings. The van der Waals surface area contributed by atoms with Crippen LogP contribution >= 0.6 is 0 Å². The van der Waals surface area contributed by atoms with Crippen molar-refractivity contribution < 1.29 is 5.11 Å².